The molecule has 0 spiro atoms. The number of aromatic nitrogens is 1. The van der Waals surface area contributed by atoms with Gasteiger partial charge in [-0.2, -0.15) is 0 Å². The quantitative estimate of drug-likeness (QED) is 0.332. The summed E-state index contributed by atoms with van der Waals surface area (Å²) in [6.07, 6.45) is 0. The second-order valence-corrected chi connectivity index (χ2v) is 7.80. The number of hydrogen-bond donors (Lipinski definition) is 1. The summed E-state index contributed by atoms with van der Waals surface area (Å²) in [7, 11) is 0. The Morgan fingerprint density at radius 3 is 2.17 bits per heavy atom. The number of fused-ring (bicyclic) bond motifs is 1. The summed E-state index contributed by atoms with van der Waals surface area (Å²) < 4.78 is 6.47. The lowest BCUT2D eigenvalue weighted by atomic mass is 10.0. The maximum atomic E-state index is 11.8. The highest BCUT2D eigenvalue weighted by molar-refractivity contribution is 14.1. The Balaban J connectivity index is 1.71. The summed E-state index contributed by atoms with van der Waals surface area (Å²) in [4.78, 5) is 16.5. The van der Waals surface area contributed by atoms with Crippen LogP contribution in [0.15, 0.2) is 72.8 Å². The third kappa shape index (κ3) is 4.10. The lowest BCUT2D eigenvalue weighted by Gasteiger charge is -2.09. The van der Waals surface area contributed by atoms with E-state index < -0.39 is 5.97 Å². The van der Waals surface area contributed by atoms with Crippen molar-refractivity contribution in [3.05, 3.63) is 81.9 Å². The number of hydrogen-bond acceptors (Lipinski definition) is 3. The minimum atomic E-state index is -0.952. The smallest absolute Gasteiger partial charge is 0.336 e. The van der Waals surface area contributed by atoms with E-state index in [1.54, 1.807) is 6.07 Å². The number of benzene rings is 3. The maximum absolute atomic E-state index is 11.8. The summed E-state index contributed by atoms with van der Waals surface area (Å²) in [5.74, 6) is -0.101. The van der Waals surface area contributed by atoms with Gasteiger partial charge in [-0.3, -0.25) is 0 Å². The maximum Gasteiger partial charge on any atom is 0.336 e. The van der Waals surface area contributed by atoms with Crippen LogP contribution >= 0.6 is 22.6 Å². The second kappa shape index (κ2) is 8.21. The lowest BCUT2D eigenvalue weighted by Crippen LogP contribution is -2.00. The van der Waals surface area contributed by atoms with E-state index in [0.29, 0.717) is 23.2 Å². The van der Waals surface area contributed by atoms with E-state index in [1.807, 2.05) is 73.7 Å². The molecule has 1 aromatic heterocycles. The Hall–Kier alpha value is -2.93. The highest BCUT2D eigenvalue weighted by Crippen LogP contribution is 2.29. The molecule has 1 N–H and O–H groups in total. The first-order chi connectivity index (χ1) is 14.0. The van der Waals surface area contributed by atoms with Crippen LogP contribution in [0.5, 0.6) is 5.75 Å². The zero-order chi connectivity index (χ0) is 20.4. The molecule has 3 aromatic carbocycles. The van der Waals surface area contributed by atoms with Crippen LogP contribution in [0, 0.1) is 3.57 Å². The van der Waals surface area contributed by atoms with Crippen LogP contribution in [0.1, 0.15) is 17.3 Å². The number of carboxylic acids is 1. The Bertz CT molecular complexity index is 1190. The monoisotopic (exact) mass is 495 g/mol. The third-order valence-corrected chi connectivity index (χ3v) is 5.35. The highest BCUT2D eigenvalue weighted by atomic mass is 127. The average molecular weight is 495 g/mol. The number of carboxylic acid groups (broad SMARTS) is 1. The average Bonchev–Trinajstić information content (AvgIpc) is 2.74. The molecule has 0 aliphatic heterocycles. The first-order valence-electron chi connectivity index (χ1n) is 9.22. The number of nitrogens with zero attached hydrogens (tertiary/aromatic N) is 1. The van der Waals surface area contributed by atoms with Gasteiger partial charge in [0.25, 0.3) is 0 Å². The second-order valence-electron chi connectivity index (χ2n) is 6.56. The Kier molecular flexibility index (Phi) is 5.49. The molecule has 0 atom stereocenters. The molecule has 1 heterocycles. The molecular formula is C24H18INO3. The van der Waals surface area contributed by atoms with E-state index in [0.717, 1.165) is 26.0 Å². The van der Waals surface area contributed by atoms with Gasteiger partial charge in [-0.1, -0.05) is 36.4 Å². The van der Waals surface area contributed by atoms with E-state index in [9.17, 15) is 9.90 Å². The van der Waals surface area contributed by atoms with E-state index in [1.165, 1.54) is 0 Å². The van der Waals surface area contributed by atoms with Crippen LogP contribution in [0.25, 0.3) is 33.3 Å². The van der Waals surface area contributed by atoms with Crippen molar-refractivity contribution >= 4 is 39.5 Å². The first-order valence-corrected chi connectivity index (χ1v) is 10.3. The highest BCUT2D eigenvalue weighted by Gasteiger charge is 2.13. The topological polar surface area (TPSA) is 59.4 Å². The molecule has 0 amide bonds. The molecule has 0 aliphatic carbocycles. The predicted octanol–water partition coefficient (Wildman–Crippen LogP) is 6.27. The van der Waals surface area contributed by atoms with Crippen molar-refractivity contribution in [1.29, 1.82) is 0 Å². The van der Waals surface area contributed by atoms with Gasteiger partial charge in [-0.15, -0.1) is 0 Å². The van der Waals surface area contributed by atoms with Crippen molar-refractivity contribution in [2.24, 2.45) is 0 Å². The molecule has 5 heteroatoms. The van der Waals surface area contributed by atoms with Gasteiger partial charge in [-0.05, 0) is 77.0 Å². The fourth-order valence-corrected chi connectivity index (χ4v) is 3.76. The van der Waals surface area contributed by atoms with Crippen LogP contribution in [-0.4, -0.2) is 22.7 Å². The van der Waals surface area contributed by atoms with Gasteiger partial charge in [-0.25, -0.2) is 9.78 Å². The fraction of sp³-hybridized carbons (Fsp3) is 0.0833. The van der Waals surface area contributed by atoms with Gasteiger partial charge in [0.2, 0.25) is 0 Å². The SMILES string of the molecule is CCOc1ccc(-c2ccc(-c3cc(C(=O)O)c4cc(I)ccc4n3)cc2)cc1. The van der Waals surface area contributed by atoms with Gasteiger partial charge < -0.3 is 9.84 Å². The molecule has 0 saturated carbocycles. The molecule has 4 nitrogen and oxygen atoms in total. The number of halogens is 1. The van der Waals surface area contributed by atoms with E-state index in [4.69, 9.17) is 4.74 Å². The zero-order valence-electron chi connectivity index (χ0n) is 15.7. The van der Waals surface area contributed by atoms with E-state index in [-0.39, 0.29) is 5.56 Å². The fourth-order valence-electron chi connectivity index (χ4n) is 3.27. The van der Waals surface area contributed by atoms with Crippen molar-refractivity contribution in [1.82, 2.24) is 4.98 Å². The van der Waals surface area contributed by atoms with Gasteiger partial charge in [0, 0.05) is 14.5 Å². The molecule has 0 aliphatic rings. The van der Waals surface area contributed by atoms with Gasteiger partial charge in [0.05, 0.1) is 23.4 Å². The van der Waals surface area contributed by atoms with Crippen LogP contribution in [0.3, 0.4) is 0 Å². The number of rotatable bonds is 5. The summed E-state index contributed by atoms with van der Waals surface area (Å²) in [6, 6.07) is 23.2. The third-order valence-electron chi connectivity index (χ3n) is 4.68. The molecule has 4 rings (SSSR count). The largest absolute Gasteiger partial charge is 0.494 e. The lowest BCUT2D eigenvalue weighted by molar-refractivity contribution is 0.0699. The van der Waals surface area contributed by atoms with Crippen molar-refractivity contribution in [3.8, 4) is 28.1 Å². The minimum Gasteiger partial charge on any atom is -0.494 e. The van der Waals surface area contributed by atoms with E-state index in [2.05, 4.69) is 27.6 Å². The molecule has 144 valence electrons. The molecular weight excluding hydrogens is 477 g/mol. The Morgan fingerprint density at radius 2 is 1.55 bits per heavy atom. The Labute approximate surface area is 182 Å². The zero-order valence-corrected chi connectivity index (χ0v) is 17.9. The number of carbonyl (C=O) groups is 1. The molecule has 0 unspecified atom stereocenters. The van der Waals surface area contributed by atoms with Gasteiger partial charge in [0.1, 0.15) is 5.75 Å². The Morgan fingerprint density at radius 1 is 0.931 bits per heavy atom. The number of aromatic carboxylic acids is 1. The van der Waals surface area contributed by atoms with Crippen molar-refractivity contribution in [3.63, 3.8) is 0 Å². The summed E-state index contributed by atoms with van der Waals surface area (Å²) >= 11 is 2.18. The van der Waals surface area contributed by atoms with Gasteiger partial charge >= 0.3 is 5.97 Å². The molecule has 4 aromatic rings. The normalized spacial score (nSPS) is 10.8. The summed E-state index contributed by atoms with van der Waals surface area (Å²) in [6.45, 7) is 2.61. The molecule has 0 radical (unpaired) electrons. The van der Waals surface area contributed by atoms with E-state index >= 15 is 0 Å². The summed E-state index contributed by atoms with van der Waals surface area (Å²) in [5.41, 5.74) is 4.63. The van der Waals surface area contributed by atoms with Crippen molar-refractivity contribution in [2.45, 2.75) is 6.92 Å². The number of pyridine rings is 1. The van der Waals surface area contributed by atoms with Crippen LogP contribution in [-0.2, 0) is 0 Å². The van der Waals surface area contributed by atoms with Crippen molar-refractivity contribution in [2.75, 3.05) is 6.61 Å². The molecule has 29 heavy (non-hydrogen) atoms. The molecule has 0 bridgehead atoms. The summed E-state index contributed by atoms with van der Waals surface area (Å²) in [5, 5.41) is 10.3. The van der Waals surface area contributed by atoms with Crippen molar-refractivity contribution < 1.29 is 14.6 Å². The molecule has 0 saturated heterocycles. The first kappa shape index (κ1) is 19.4. The molecule has 0 fully saturated rings. The van der Waals surface area contributed by atoms with Crippen LogP contribution < -0.4 is 4.74 Å². The minimum absolute atomic E-state index is 0.263. The predicted molar refractivity (Wildman–Crippen MR) is 123 cm³/mol. The standard InChI is InChI=1S/C24H18INO3/c1-2-29-19-10-7-16(8-11-19)15-3-5-17(6-4-15)23-14-21(24(27)28)20-13-18(25)9-12-22(20)26-23/h3-14H,2H2,1H3,(H,27,28). The van der Waals surface area contributed by atoms with Gasteiger partial charge in [0.15, 0.2) is 0 Å². The van der Waals surface area contributed by atoms with Crippen LogP contribution in [0.2, 0.25) is 0 Å². The van der Waals surface area contributed by atoms with Crippen LogP contribution in [0.4, 0.5) is 0 Å². The number of ether oxygens (including phenoxy) is 1.